The summed E-state index contributed by atoms with van der Waals surface area (Å²) in [6.45, 7) is 2.76. The van der Waals surface area contributed by atoms with Crippen LogP contribution in [0.3, 0.4) is 0 Å². The lowest BCUT2D eigenvalue weighted by Crippen LogP contribution is -2.44. The molecule has 1 aliphatic rings. The summed E-state index contributed by atoms with van der Waals surface area (Å²) < 4.78 is 0. The predicted octanol–water partition coefficient (Wildman–Crippen LogP) is 4.51. The molecule has 0 aliphatic carbocycles. The molecular formula is C25H24N2O2. The number of anilines is 1. The van der Waals surface area contributed by atoms with Gasteiger partial charge in [0.2, 0.25) is 5.91 Å². The third-order valence-electron chi connectivity index (χ3n) is 5.58. The summed E-state index contributed by atoms with van der Waals surface area (Å²) in [6.07, 6.45) is 1.47. The number of carbonyl (C=O) groups excluding carboxylic acids is 2. The molecule has 0 bridgehead atoms. The minimum Gasteiger partial charge on any atom is -0.339 e. The molecule has 0 spiro atoms. The number of nitrogens with zero attached hydrogens (tertiary/aromatic N) is 1. The molecule has 146 valence electrons. The second kappa shape index (κ2) is 7.92. The predicted molar refractivity (Wildman–Crippen MR) is 115 cm³/mol. The van der Waals surface area contributed by atoms with Crippen molar-refractivity contribution in [1.29, 1.82) is 0 Å². The van der Waals surface area contributed by atoms with Gasteiger partial charge in [-0.05, 0) is 48.7 Å². The Kier molecular flexibility index (Phi) is 5.17. The van der Waals surface area contributed by atoms with Gasteiger partial charge < -0.3 is 10.2 Å². The zero-order valence-electron chi connectivity index (χ0n) is 16.5. The van der Waals surface area contributed by atoms with Gasteiger partial charge in [0, 0.05) is 24.2 Å². The molecule has 1 aliphatic heterocycles. The van der Waals surface area contributed by atoms with E-state index in [1.54, 1.807) is 17.0 Å². The summed E-state index contributed by atoms with van der Waals surface area (Å²) in [5.74, 6) is -0.0116. The van der Waals surface area contributed by atoms with Gasteiger partial charge in [-0.1, -0.05) is 60.7 Å². The van der Waals surface area contributed by atoms with Crippen LogP contribution in [0.25, 0.3) is 0 Å². The smallest absolute Gasteiger partial charge is 0.252 e. The van der Waals surface area contributed by atoms with E-state index in [0.29, 0.717) is 12.0 Å². The van der Waals surface area contributed by atoms with E-state index >= 15 is 0 Å². The minimum atomic E-state index is -0.663. The van der Waals surface area contributed by atoms with E-state index in [4.69, 9.17) is 0 Å². The third kappa shape index (κ3) is 3.79. The molecule has 4 rings (SSSR count). The highest BCUT2D eigenvalue weighted by atomic mass is 16.2. The van der Waals surface area contributed by atoms with E-state index in [1.165, 1.54) is 0 Å². The second-order valence-corrected chi connectivity index (χ2v) is 7.51. The third-order valence-corrected chi connectivity index (χ3v) is 5.58. The molecule has 1 N–H and O–H groups in total. The van der Waals surface area contributed by atoms with Gasteiger partial charge in [0.1, 0.15) is 0 Å². The van der Waals surface area contributed by atoms with Gasteiger partial charge in [-0.2, -0.15) is 0 Å². The van der Waals surface area contributed by atoms with E-state index in [-0.39, 0.29) is 11.8 Å². The van der Waals surface area contributed by atoms with Crippen LogP contribution < -0.4 is 10.2 Å². The lowest BCUT2D eigenvalue weighted by molar-refractivity contribution is -0.117. The van der Waals surface area contributed by atoms with E-state index in [0.717, 1.165) is 29.8 Å². The summed E-state index contributed by atoms with van der Waals surface area (Å²) in [5, 5.41) is 3.22. The molecule has 3 aromatic rings. The highest BCUT2D eigenvalue weighted by Crippen LogP contribution is 2.30. The van der Waals surface area contributed by atoms with Crippen LogP contribution in [0, 0.1) is 0 Å². The molecule has 1 saturated heterocycles. The van der Waals surface area contributed by atoms with Gasteiger partial charge in [0.05, 0.1) is 5.54 Å². The molecule has 2 amide bonds. The Labute approximate surface area is 171 Å². The molecule has 3 aromatic carbocycles. The Bertz CT molecular complexity index is 959. The SMILES string of the molecule is CC(NC(=O)c1ccc(N2CCCC2=O)cc1)(c1ccccc1)c1ccccc1. The average molecular weight is 384 g/mol. The largest absolute Gasteiger partial charge is 0.339 e. The van der Waals surface area contributed by atoms with Crippen molar-refractivity contribution < 1.29 is 9.59 Å². The normalized spacial score (nSPS) is 14.1. The first-order chi connectivity index (χ1) is 14.1. The first kappa shape index (κ1) is 18.9. The van der Waals surface area contributed by atoms with E-state index < -0.39 is 5.54 Å². The molecule has 1 fully saturated rings. The molecule has 0 radical (unpaired) electrons. The fourth-order valence-electron chi connectivity index (χ4n) is 3.87. The van der Waals surface area contributed by atoms with Crippen molar-refractivity contribution in [3.05, 3.63) is 102 Å². The molecule has 0 unspecified atom stereocenters. The Hall–Kier alpha value is -3.40. The van der Waals surface area contributed by atoms with Crippen LogP contribution in [0.4, 0.5) is 5.69 Å². The van der Waals surface area contributed by atoms with Gasteiger partial charge in [0.25, 0.3) is 5.91 Å². The minimum absolute atomic E-state index is 0.142. The Morgan fingerprint density at radius 3 is 1.90 bits per heavy atom. The lowest BCUT2D eigenvalue weighted by atomic mass is 9.84. The highest BCUT2D eigenvalue weighted by Gasteiger charge is 2.31. The number of hydrogen-bond donors (Lipinski definition) is 1. The van der Waals surface area contributed by atoms with E-state index in [2.05, 4.69) is 5.32 Å². The summed E-state index contributed by atoms with van der Waals surface area (Å²) in [7, 11) is 0. The fraction of sp³-hybridized carbons (Fsp3) is 0.200. The van der Waals surface area contributed by atoms with Crippen molar-refractivity contribution in [2.24, 2.45) is 0 Å². The van der Waals surface area contributed by atoms with Crippen molar-refractivity contribution in [3.8, 4) is 0 Å². The lowest BCUT2D eigenvalue weighted by Gasteiger charge is -2.32. The van der Waals surface area contributed by atoms with E-state index in [1.807, 2.05) is 79.7 Å². The molecule has 4 nitrogen and oxygen atoms in total. The van der Waals surface area contributed by atoms with Gasteiger partial charge in [-0.25, -0.2) is 0 Å². The standard InChI is InChI=1S/C25H24N2O2/c1-25(20-9-4-2-5-10-20,21-11-6-3-7-12-21)26-24(29)19-14-16-22(17-15-19)27-18-8-13-23(27)28/h2-7,9-12,14-17H,8,13,18H2,1H3,(H,26,29). The number of hydrogen-bond acceptors (Lipinski definition) is 2. The van der Waals surface area contributed by atoms with Gasteiger partial charge >= 0.3 is 0 Å². The molecule has 1 heterocycles. The number of benzene rings is 3. The van der Waals surface area contributed by atoms with Crippen molar-refractivity contribution in [1.82, 2.24) is 5.32 Å². The van der Waals surface area contributed by atoms with Gasteiger partial charge in [-0.15, -0.1) is 0 Å². The van der Waals surface area contributed by atoms with E-state index in [9.17, 15) is 9.59 Å². The van der Waals surface area contributed by atoms with Gasteiger partial charge in [-0.3, -0.25) is 9.59 Å². The Balaban J connectivity index is 1.61. The van der Waals surface area contributed by atoms with Crippen LogP contribution in [-0.4, -0.2) is 18.4 Å². The summed E-state index contributed by atoms with van der Waals surface area (Å²) in [6, 6.07) is 27.2. The first-order valence-corrected chi connectivity index (χ1v) is 9.92. The zero-order chi connectivity index (χ0) is 20.3. The topological polar surface area (TPSA) is 49.4 Å². The molecule has 29 heavy (non-hydrogen) atoms. The summed E-state index contributed by atoms with van der Waals surface area (Å²) in [5.41, 5.74) is 2.78. The summed E-state index contributed by atoms with van der Waals surface area (Å²) in [4.78, 5) is 26.8. The highest BCUT2D eigenvalue weighted by molar-refractivity contribution is 5.98. The number of nitrogens with one attached hydrogen (secondary N) is 1. The maximum Gasteiger partial charge on any atom is 0.252 e. The fourth-order valence-corrected chi connectivity index (χ4v) is 3.87. The van der Waals surface area contributed by atoms with Crippen molar-refractivity contribution >= 4 is 17.5 Å². The van der Waals surface area contributed by atoms with Crippen LogP contribution in [0.15, 0.2) is 84.9 Å². The first-order valence-electron chi connectivity index (χ1n) is 9.92. The van der Waals surface area contributed by atoms with Gasteiger partial charge in [0.15, 0.2) is 0 Å². The maximum atomic E-state index is 13.1. The van der Waals surface area contributed by atoms with Crippen LogP contribution in [0.1, 0.15) is 41.3 Å². The summed E-state index contributed by atoms with van der Waals surface area (Å²) >= 11 is 0. The Morgan fingerprint density at radius 2 is 1.41 bits per heavy atom. The maximum absolute atomic E-state index is 13.1. The number of carbonyl (C=O) groups is 2. The number of rotatable bonds is 5. The molecule has 0 atom stereocenters. The second-order valence-electron chi connectivity index (χ2n) is 7.51. The van der Waals surface area contributed by atoms with Crippen molar-refractivity contribution in [2.45, 2.75) is 25.3 Å². The monoisotopic (exact) mass is 384 g/mol. The molecule has 0 aromatic heterocycles. The quantitative estimate of drug-likeness (QED) is 0.704. The van der Waals surface area contributed by atoms with Crippen molar-refractivity contribution in [3.63, 3.8) is 0 Å². The van der Waals surface area contributed by atoms with Crippen LogP contribution >= 0.6 is 0 Å². The molecular weight excluding hydrogens is 360 g/mol. The zero-order valence-corrected chi connectivity index (χ0v) is 16.5. The van der Waals surface area contributed by atoms with Crippen LogP contribution in [-0.2, 0) is 10.3 Å². The molecule has 4 heteroatoms. The van der Waals surface area contributed by atoms with Crippen LogP contribution in [0.5, 0.6) is 0 Å². The average Bonchev–Trinajstić information content (AvgIpc) is 3.21. The molecule has 0 saturated carbocycles. The van der Waals surface area contributed by atoms with Crippen molar-refractivity contribution in [2.75, 3.05) is 11.4 Å². The van der Waals surface area contributed by atoms with Crippen LogP contribution in [0.2, 0.25) is 0 Å². The Morgan fingerprint density at radius 1 is 0.862 bits per heavy atom. The number of amides is 2.